The van der Waals surface area contributed by atoms with E-state index in [-0.39, 0.29) is 5.91 Å². The van der Waals surface area contributed by atoms with Crippen molar-refractivity contribution in [3.63, 3.8) is 0 Å². The third-order valence-corrected chi connectivity index (χ3v) is 4.21. The van der Waals surface area contributed by atoms with Crippen LogP contribution < -0.4 is 11.1 Å². The summed E-state index contributed by atoms with van der Waals surface area (Å²) >= 11 is 2.88. The topological polar surface area (TPSA) is 68.0 Å². The third-order valence-electron chi connectivity index (χ3n) is 2.36. The minimum Gasteiger partial charge on any atom is -0.398 e. The number of carbonyl (C=O) groups excluding carboxylic acids is 1. The second kappa shape index (κ2) is 5.88. The van der Waals surface area contributed by atoms with Crippen molar-refractivity contribution in [1.82, 2.24) is 4.98 Å². The van der Waals surface area contributed by atoms with E-state index in [1.54, 1.807) is 6.20 Å². The van der Waals surface area contributed by atoms with Crippen molar-refractivity contribution >= 4 is 39.8 Å². The predicted octanol–water partition coefficient (Wildman–Crippen LogP) is 2.76. The van der Waals surface area contributed by atoms with Crippen LogP contribution in [0.25, 0.3) is 0 Å². The van der Waals surface area contributed by atoms with Gasteiger partial charge >= 0.3 is 0 Å². The molecule has 1 aromatic carbocycles. The molecule has 6 heteroatoms. The first-order valence-corrected chi connectivity index (χ1v) is 7.20. The van der Waals surface area contributed by atoms with E-state index in [1.807, 2.05) is 30.5 Å². The van der Waals surface area contributed by atoms with Gasteiger partial charge in [-0.05, 0) is 24.6 Å². The summed E-state index contributed by atoms with van der Waals surface area (Å²) in [5.74, 6) is 0.293. The fourth-order valence-electron chi connectivity index (χ4n) is 1.37. The van der Waals surface area contributed by atoms with E-state index in [0.29, 0.717) is 10.9 Å². The molecule has 0 radical (unpaired) electrons. The SMILES string of the molecule is Cc1c(N)cccc1SCC(=O)Nc1nccs1. The molecule has 0 fully saturated rings. The zero-order chi connectivity index (χ0) is 13.0. The van der Waals surface area contributed by atoms with Crippen molar-refractivity contribution in [2.45, 2.75) is 11.8 Å². The molecule has 0 aliphatic heterocycles. The molecular formula is C12H13N3OS2. The van der Waals surface area contributed by atoms with Gasteiger partial charge in [0.15, 0.2) is 5.13 Å². The van der Waals surface area contributed by atoms with Crippen LogP contribution in [0.5, 0.6) is 0 Å². The maximum absolute atomic E-state index is 11.7. The molecule has 1 heterocycles. The number of amides is 1. The summed E-state index contributed by atoms with van der Waals surface area (Å²) in [5, 5.41) is 5.20. The molecule has 0 aliphatic rings. The number of aromatic nitrogens is 1. The number of nitrogen functional groups attached to an aromatic ring is 1. The molecule has 0 saturated heterocycles. The Morgan fingerprint density at radius 1 is 1.56 bits per heavy atom. The third kappa shape index (κ3) is 3.24. The van der Waals surface area contributed by atoms with Crippen LogP contribution >= 0.6 is 23.1 Å². The quantitative estimate of drug-likeness (QED) is 0.667. The lowest BCUT2D eigenvalue weighted by molar-refractivity contribution is -0.113. The predicted molar refractivity (Wildman–Crippen MR) is 77.1 cm³/mol. The first-order valence-electron chi connectivity index (χ1n) is 5.34. The largest absolute Gasteiger partial charge is 0.398 e. The van der Waals surface area contributed by atoms with Gasteiger partial charge in [0.1, 0.15) is 0 Å². The summed E-state index contributed by atoms with van der Waals surface area (Å²) < 4.78 is 0. The second-order valence-corrected chi connectivity index (χ2v) is 5.56. The zero-order valence-electron chi connectivity index (χ0n) is 9.84. The van der Waals surface area contributed by atoms with Crippen LogP contribution in [-0.4, -0.2) is 16.6 Å². The van der Waals surface area contributed by atoms with Gasteiger partial charge in [-0.25, -0.2) is 4.98 Å². The fourth-order valence-corrected chi connectivity index (χ4v) is 2.78. The van der Waals surface area contributed by atoms with Gasteiger partial charge in [0.05, 0.1) is 5.75 Å². The Labute approximate surface area is 114 Å². The maximum atomic E-state index is 11.7. The van der Waals surface area contributed by atoms with Crippen molar-refractivity contribution in [3.05, 3.63) is 35.3 Å². The molecule has 2 rings (SSSR count). The molecule has 4 nitrogen and oxygen atoms in total. The number of nitrogens with zero attached hydrogens (tertiary/aromatic N) is 1. The maximum Gasteiger partial charge on any atom is 0.236 e. The Kier molecular flexibility index (Phi) is 4.22. The van der Waals surface area contributed by atoms with Gasteiger partial charge < -0.3 is 11.1 Å². The second-order valence-electron chi connectivity index (χ2n) is 3.64. The summed E-state index contributed by atoms with van der Waals surface area (Å²) in [4.78, 5) is 16.7. The van der Waals surface area contributed by atoms with E-state index in [0.717, 1.165) is 16.1 Å². The molecule has 0 saturated carbocycles. The van der Waals surface area contributed by atoms with Crippen molar-refractivity contribution in [1.29, 1.82) is 0 Å². The van der Waals surface area contributed by atoms with Crippen LogP contribution in [0, 0.1) is 6.92 Å². The Morgan fingerprint density at radius 3 is 3.11 bits per heavy atom. The van der Waals surface area contributed by atoms with E-state index in [9.17, 15) is 4.79 Å². The number of hydrogen-bond donors (Lipinski definition) is 2. The number of thiazole rings is 1. The van der Waals surface area contributed by atoms with Gasteiger partial charge in [-0.1, -0.05) is 6.07 Å². The van der Waals surface area contributed by atoms with Gasteiger partial charge in [-0.15, -0.1) is 23.1 Å². The fraction of sp³-hybridized carbons (Fsp3) is 0.167. The summed E-state index contributed by atoms with van der Waals surface area (Å²) in [6.45, 7) is 1.95. The molecule has 3 N–H and O–H groups in total. The number of hydrogen-bond acceptors (Lipinski definition) is 5. The van der Waals surface area contributed by atoms with Crippen molar-refractivity contribution in [2.75, 3.05) is 16.8 Å². The molecule has 0 unspecified atom stereocenters. The molecule has 0 bridgehead atoms. The molecule has 0 spiro atoms. The molecule has 1 amide bonds. The molecule has 1 aromatic heterocycles. The van der Waals surface area contributed by atoms with Crippen LogP contribution in [0.15, 0.2) is 34.7 Å². The lowest BCUT2D eigenvalue weighted by Gasteiger charge is -2.07. The molecule has 0 atom stereocenters. The van der Waals surface area contributed by atoms with Crippen molar-refractivity contribution in [3.8, 4) is 0 Å². The molecule has 94 valence electrons. The highest BCUT2D eigenvalue weighted by Crippen LogP contribution is 2.26. The molecular weight excluding hydrogens is 266 g/mol. The average molecular weight is 279 g/mol. The summed E-state index contributed by atoms with van der Waals surface area (Å²) in [5.41, 5.74) is 7.58. The highest BCUT2D eigenvalue weighted by atomic mass is 32.2. The van der Waals surface area contributed by atoms with Gasteiger partial charge in [-0.3, -0.25) is 4.79 Å². The number of nitrogens with one attached hydrogen (secondary N) is 1. The van der Waals surface area contributed by atoms with Crippen LogP contribution in [0.1, 0.15) is 5.56 Å². The summed E-state index contributed by atoms with van der Waals surface area (Å²) in [6, 6.07) is 5.71. The standard InChI is InChI=1S/C12H13N3OS2/c1-8-9(13)3-2-4-10(8)18-7-11(16)15-12-14-5-6-17-12/h2-6H,7,13H2,1H3,(H,14,15,16). The van der Waals surface area contributed by atoms with Crippen molar-refractivity contribution < 1.29 is 4.79 Å². The average Bonchev–Trinajstić information content (AvgIpc) is 2.84. The number of anilines is 2. The van der Waals surface area contributed by atoms with Crippen LogP contribution in [-0.2, 0) is 4.79 Å². The Balaban J connectivity index is 1.91. The smallest absolute Gasteiger partial charge is 0.236 e. The van der Waals surface area contributed by atoms with E-state index in [2.05, 4.69) is 10.3 Å². The van der Waals surface area contributed by atoms with Gasteiger partial charge in [0.2, 0.25) is 5.91 Å². The Morgan fingerprint density at radius 2 is 2.39 bits per heavy atom. The minimum absolute atomic E-state index is 0.0585. The van der Waals surface area contributed by atoms with Gasteiger partial charge in [0, 0.05) is 22.2 Å². The van der Waals surface area contributed by atoms with E-state index in [4.69, 9.17) is 5.73 Å². The summed E-state index contributed by atoms with van der Waals surface area (Å²) in [6.07, 6.45) is 1.66. The first-order chi connectivity index (χ1) is 8.66. The lowest BCUT2D eigenvalue weighted by atomic mass is 10.2. The number of benzene rings is 1. The molecule has 0 aliphatic carbocycles. The van der Waals surface area contributed by atoms with Crippen LogP contribution in [0.3, 0.4) is 0 Å². The van der Waals surface area contributed by atoms with E-state index >= 15 is 0 Å². The Hall–Kier alpha value is -1.53. The number of thioether (sulfide) groups is 1. The monoisotopic (exact) mass is 279 g/mol. The number of rotatable bonds is 4. The Bertz CT molecular complexity index is 540. The van der Waals surface area contributed by atoms with Gasteiger partial charge in [-0.2, -0.15) is 0 Å². The lowest BCUT2D eigenvalue weighted by Crippen LogP contribution is -2.13. The highest BCUT2D eigenvalue weighted by Gasteiger charge is 2.07. The van der Waals surface area contributed by atoms with Crippen LogP contribution in [0.2, 0.25) is 0 Å². The normalized spacial score (nSPS) is 10.3. The highest BCUT2D eigenvalue weighted by molar-refractivity contribution is 8.00. The van der Waals surface area contributed by atoms with E-state index < -0.39 is 0 Å². The van der Waals surface area contributed by atoms with Crippen molar-refractivity contribution in [2.24, 2.45) is 0 Å². The molecule has 18 heavy (non-hydrogen) atoms. The van der Waals surface area contributed by atoms with Gasteiger partial charge in [0.25, 0.3) is 0 Å². The van der Waals surface area contributed by atoms with E-state index in [1.165, 1.54) is 23.1 Å². The minimum atomic E-state index is -0.0585. The zero-order valence-corrected chi connectivity index (χ0v) is 11.5. The molecule has 2 aromatic rings. The van der Waals surface area contributed by atoms with Crippen LogP contribution in [0.4, 0.5) is 10.8 Å². The first kappa shape index (κ1) is 12.9. The number of nitrogens with two attached hydrogens (primary N) is 1. The summed E-state index contributed by atoms with van der Waals surface area (Å²) in [7, 11) is 0. The number of carbonyl (C=O) groups is 1.